The number of hydrazone groups is 1. The molecule has 0 saturated carbocycles. The van der Waals surface area contributed by atoms with Crippen molar-refractivity contribution in [3.63, 3.8) is 0 Å². The molecule has 2 rings (SSSR count). The van der Waals surface area contributed by atoms with E-state index in [0.717, 1.165) is 22.7 Å². The van der Waals surface area contributed by atoms with Gasteiger partial charge in [0.2, 0.25) is 11.8 Å². The maximum atomic E-state index is 11.6. The zero-order chi connectivity index (χ0) is 14.4. The van der Waals surface area contributed by atoms with Gasteiger partial charge in [0.25, 0.3) is 0 Å². The molecule has 1 aromatic carbocycles. The van der Waals surface area contributed by atoms with E-state index < -0.39 is 0 Å². The van der Waals surface area contributed by atoms with Crippen molar-refractivity contribution in [3.8, 4) is 0 Å². The molecule has 0 saturated heterocycles. The summed E-state index contributed by atoms with van der Waals surface area (Å²) in [5, 5.41) is 6.88. The monoisotopic (exact) mass is 291 g/mol. The number of carbonyl (C=O) groups excluding carboxylic acids is 2. The third-order valence-corrected chi connectivity index (χ3v) is 3.72. The molecule has 5 nitrogen and oxygen atoms in total. The van der Waals surface area contributed by atoms with Crippen LogP contribution in [0.5, 0.6) is 0 Å². The third kappa shape index (κ3) is 4.09. The van der Waals surface area contributed by atoms with E-state index in [4.69, 9.17) is 0 Å². The summed E-state index contributed by atoms with van der Waals surface area (Å²) in [7, 11) is 0. The van der Waals surface area contributed by atoms with E-state index >= 15 is 0 Å². The summed E-state index contributed by atoms with van der Waals surface area (Å²) in [6.07, 6.45) is 1.11. The number of thioether (sulfide) groups is 1. The molecular formula is C14H17N3O2S. The number of benzene rings is 1. The van der Waals surface area contributed by atoms with Crippen molar-refractivity contribution >= 4 is 35.0 Å². The predicted octanol–water partition coefficient (Wildman–Crippen LogP) is 1.99. The summed E-state index contributed by atoms with van der Waals surface area (Å²) in [5.41, 5.74) is 5.08. The molecule has 1 heterocycles. The second-order valence-electron chi connectivity index (χ2n) is 4.36. The SMILES string of the molecule is CCSCC(=O)Nc1ccc(C2=NNC(=O)CC2)cc1. The highest BCUT2D eigenvalue weighted by Crippen LogP contribution is 2.14. The molecule has 0 unspecified atom stereocenters. The molecule has 0 spiro atoms. The molecule has 0 radical (unpaired) electrons. The fraction of sp³-hybridized carbons (Fsp3) is 0.357. The van der Waals surface area contributed by atoms with E-state index in [9.17, 15) is 9.59 Å². The van der Waals surface area contributed by atoms with Crippen LogP contribution >= 0.6 is 11.8 Å². The van der Waals surface area contributed by atoms with Gasteiger partial charge in [0.15, 0.2) is 0 Å². The molecule has 0 fully saturated rings. The fourth-order valence-electron chi connectivity index (χ4n) is 1.82. The lowest BCUT2D eigenvalue weighted by Gasteiger charge is -2.12. The van der Waals surface area contributed by atoms with Crippen molar-refractivity contribution in [1.29, 1.82) is 0 Å². The Hall–Kier alpha value is -1.82. The Kier molecular flexibility index (Phi) is 5.17. The van der Waals surface area contributed by atoms with Crippen LogP contribution < -0.4 is 10.7 Å². The summed E-state index contributed by atoms with van der Waals surface area (Å²) >= 11 is 1.59. The Bertz CT molecular complexity index is 526. The molecule has 1 aliphatic rings. The number of nitrogens with one attached hydrogen (secondary N) is 2. The zero-order valence-corrected chi connectivity index (χ0v) is 12.1. The smallest absolute Gasteiger partial charge is 0.240 e. The number of anilines is 1. The van der Waals surface area contributed by atoms with Crippen molar-refractivity contribution in [2.45, 2.75) is 19.8 Å². The minimum absolute atomic E-state index is 0.00636. The molecule has 0 atom stereocenters. The first kappa shape index (κ1) is 14.6. The van der Waals surface area contributed by atoms with Crippen LogP contribution in [0.15, 0.2) is 29.4 Å². The van der Waals surface area contributed by atoms with E-state index in [-0.39, 0.29) is 11.8 Å². The van der Waals surface area contributed by atoms with Crippen molar-refractivity contribution in [1.82, 2.24) is 5.43 Å². The molecule has 6 heteroatoms. The lowest BCUT2D eigenvalue weighted by molar-refractivity contribution is -0.121. The molecule has 20 heavy (non-hydrogen) atoms. The molecule has 106 valence electrons. The van der Waals surface area contributed by atoms with Gasteiger partial charge >= 0.3 is 0 Å². The fourth-order valence-corrected chi connectivity index (χ4v) is 2.28. The van der Waals surface area contributed by atoms with Crippen molar-refractivity contribution < 1.29 is 9.59 Å². The average Bonchev–Trinajstić information content (AvgIpc) is 2.47. The minimum atomic E-state index is -0.0499. The average molecular weight is 291 g/mol. The topological polar surface area (TPSA) is 70.6 Å². The molecule has 2 N–H and O–H groups in total. The zero-order valence-electron chi connectivity index (χ0n) is 11.3. The molecule has 2 amide bonds. The summed E-state index contributed by atoms with van der Waals surface area (Å²) in [6.45, 7) is 2.02. The van der Waals surface area contributed by atoms with Crippen LogP contribution in [0.3, 0.4) is 0 Å². The first-order valence-corrected chi connectivity index (χ1v) is 7.68. The van der Waals surface area contributed by atoms with Crippen LogP contribution in [0.25, 0.3) is 0 Å². The lowest BCUT2D eigenvalue weighted by atomic mass is 10.0. The summed E-state index contributed by atoms with van der Waals surface area (Å²) in [5.74, 6) is 1.35. The maximum absolute atomic E-state index is 11.6. The maximum Gasteiger partial charge on any atom is 0.240 e. The number of carbonyl (C=O) groups is 2. The first-order valence-electron chi connectivity index (χ1n) is 6.52. The number of rotatable bonds is 5. The van der Waals surface area contributed by atoms with Crippen LogP contribution in [-0.4, -0.2) is 29.0 Å². The van der Waals surface area contributed by atoms with Crippen LogP contribution in [0.2, 0.25) is 0 Å². The Balaban J connectivity index is 1.96. The number of nitrogens with zero attached hydrogens (tertiary/aromatic N) is 1. The number of hydrogen-bond acceptors (Lipinski definition) is 4. The molecule has 1 aliphatic heterocycles. The van der Waals surface area contributed by atoms with Gasteiger partial charge in [-0.1, -0.05) is 19.1 Å². The molecular weight excluding hydrogens is 274 g/mol. The Morgan fingerprint density at radius 1 is 1.35 bits per heavy atom. The Labute approximate surface area is 122 Å². The normalized spacial score (nSPS) is 14.4. The Morgan fingerprint density at radius 2 is 2.10 bits per heavy atom. The standard InChI is InChI=1S/C14H17N3O2S/c1-2-20-9-14(19)15-11-5-3-10(4-6-11)12-7-8-13(18)17-16-12/h3-6H,2,7-9H2,1H3,(H,15,19)(H,17,18). The summed E-state index contributed by atoms with van der Waals surface area (Å²) in [4.78, 5) is 22.6. The van der Waals surface area contributed by atoms with E-state index in [1.54, 1.807) is 11.8 Å². The van der Waals surface area contributed by atoms with Gasteiger partial charge in [0, 0.05) is 18.5 Å². The highest BCUT2D eigenvalue weighted by atomic mass is 32.2. The molecule has 0 bridgehead atoms. The number of hydrogen-bond donors (Lipinski definition) is 2. The minimum Gasteiger partial charge on any atom is -0.325 e. The van der Waals surface area contributed by atoms with E-state index in [1.807, 2.05) is 31.2 Å². The van der Waals surface area contributed by atoms with Gasteiger partial charge in [-0.2, -0.15) is 16.9 Å². The number of amides is 2. The summed E-state index contributed by atoms with van der Waals surface area (Å²) < 4.78 is 0. The van der Waals surface area contributed by atoms with Gasteiger partial charge in [0.1, 0.15) is 0 Å². The third-order valence-electron chi connectivity index (χ3n) is 2.84. The quantitative estimate of drug-likeness (QED) is 0.871. The van der Waals surface area contributed by atoms with E-state index in [1.165, 1.54) is 0 Å². The van der Waals surface area contributed by atoms with Gasteiger partial charge in [-0.15, -0.1) is 0 Å². The largest absolute Gasteiger partial charge is 0.325 e. The molecule has 1 aromatic rings. The van der Waals surface area contributed by atoms with E-state index in [2.05, 4.69) is 15.8 Å². The van der Waals surface area contributed by atoms with Gasteiger partial charge in [-0.3, -0.25) is 9.59 Å². The van der Waals surface area contributed by atoms with Crippen LogP contribution in [-0.2, 0) is 9.59 Å². The first-order chi connectivity index (χ1) is 9.69. The van der Waals surface area contributed by atoms with Crippen LogP contribution in [0.4, 0.5) is 5.69 Å². The van der Waals surface area contributed by atoms with Gasteiger partial charge in [-0.05, 0) is 23.4 Å². The predicted molar refractivity (Wildman–Crippen MR) is 82.0 cm³/mol. The highest BCUT2D eigenvalue weighted by molar-refractivity contribution is 7.99. The van der Waals surface area contributed by atoms with Crippen molar-refractivity contribution in [3.05, 3.63) is 29.8 Å². The van der Waals surface area contributed by atoms with Crippen molar-refractivity contribution in [2.24, 2.45) is 5.10 Å². The van der Waals surface area contributed by atoms with Gasteiger partial charge in [-0.25, -0.2) is 5.43 Å². The second kappa shape index (κ2) is 7.09. The Morgan fingerprint density at radius 3 is 2.70 bits per heavy atom. The van der Waals surface area contributed by atoms with E-state index in [0.29, 0.717) is 18.6 Å². The van der Waals surface area contributed by atoms with Gasteiger partial charge < -0.3 is 5.32 Å². The molecule has 0 aromatic heterocycles. The molecule has 0 aliphatic carbocycles. The highest BCUT2D eigenvalue weighted by Gasteiger charge is 2.13. The van der Waals surface area contributed by atoms with Crippen molar-refractivity contribution in [2.75, 3.05) is 16.8 Å². The van der Waals surface area contributed by atoms with Crippen LogP contribution in [0.1, 0.15) is 25.3 Å². The van der Waals surface area contributed by atoms with Gasteiger partial charge in [0.05, 0.1) is 11.5 Å². The summed E-state index contributed by atoms with van der Waals surface area (Å²) in [6, 6.07) is 7.50. The second-order valence-corrected chi connectivity index (χ2v) is 5.63. The lowest BCUT2D eigenvalue weighted by Crippen LogP contribution is -2.25. The van der Waals surface area contributed by atoms with Crippen LogP contribution in [0, 0.1) is 0 Å².